The van der Waals surface area contributed by atoms with Gasteiger partial charge in [-0.05, 0) is 61.2 Å². The summed E-state index contributed by atoms with van der Waals surface area (Å²) in [6.45, 7) is 5.99. The van der Waals surface area contributed by atoms with Crippen LogP contribution in [0.25, 0.3) is 5.57 Å². The second-order valence-electron chi connectivity index (χ2n) is 5.76. The molecule has 0 saturated carbocycles. The molecule has 122 valence electrons. The lowest BCUT2D eigenvalue weighted by molar-refractivity contribution is -0.113. The Morgan fingerprint density at radius 3 is 2.46 bits per heavy atom. The molecular formula is C19H16BrNOS2. The number of allylic oxidation sites excluding steroid dienone is 1. The molecule has 3 rings (SSSR count). The van der Waals surface area contributed by atoms with E-state index in [1.165, 1.54) is 11.8 Å². The maximum Gasteiger partial charge on any atom is 0.271 e. The van der Waals surface area contributed by atoms with Crippen molar-refractivity contribution in [2.24, 2.45) is 0 Å². The molecule has 0 unspecified atom stereocenters. The normalized spacial score (nSPS) is 16.8. The highest BCUT2D eigenvalue weighted by Gasteiger charge is 2.35. The molecule has 1 aliphatic heterocycles. The van der Waals surface area contributed by atoms with E-state index < -0.39 is 0 Å². The number of nitrogens with zero attached hydrogens (tertiary/aromatic N) is 1. The van der Waals surface area contributed by atoms with Gasteiger partial charge in [0.2, 0.25) is 0 Å². The molecule has 24 heavy (non-hydrogen) atoms. The van der Waals surface area contributed by atoms with Crippen LogP contribution in [-0.2, 0) is 4.79 Å². The highest BCUT2D eigenvalue weighted by Crippen LogP contribution is 2.40. The molecule has 0 N–H and O–H groups in total. The van der Waals surface area contributed by atoms with E-state index in [1.807, 2.05) is 63.2 Å². The van der Waals surface area contributed by atoms with Crippen molar-refractivity contribution >= 4 is 61.4 Å². The summed E-state index contributed by atoms with van der Waals surface area (Å²) >= 11 is 10.3. The molecule has 2 aromatic carbocycles. The Morgan fingerprint density at radius 1 is 1.12 bits per heavy atom. The summed E-state index contributed by atoms with van der Waals surface area (Å²) in [6.07, 6.45) is 0. The summed E-state index contributed by atoms with van der Waals surface area (Å²) in [5, 5.41) is 0. The highest BCUT2D eigenvalue weighted by atomic mass is 79.9. The zero-order valence-corrected chi connectivity index (χ0v) is 16.8. The maximum atomic E-state index is 13.0. The lowest BCUT2D eigenvalue weighted by Gasteiger charge is -2.18. The Morgan fingerprint density at radius 2 is 1.79 bits per heavy atom. The lowest BCUT2D eigenvalue weighted by Crippen LogP contribution is -2.28. The van der Waals surface area contributed by atoms with Crippen LogP contribution in [0.1, 0.15) is 23.6 Å². The van der Waals surface area contributed by atoms with E-state index in [0.29, 0.717) is 9.23 Å². The van der Waals surface area contributed by atoms with Crippen LogP contribution in [0.4, 0.5) is 5.69 Å². The number of halogens is 1. The first kappa shape index (κ1) is 17.4. The highest BCUT2D eigenvalue weighted by molar-refractivity contribution is 9.10. The van der Waals surface area contributed by atoms with Gasteiger partial charge in [0.25, 0.3) is 5.91 Å². The molecule has 0 aromatic heterocycles. The summed E-state index contributed by atoms with van der Waals surface area (Å²) in [6, 6.07) is 14.0. The number of carbonyl (C=O) groups is 1. The SMILES string of the molecule is C/C(=C1/SC(=S)N(c2cc(C)ccc2C)C1=O)c1ccc(Br)cc1. The number of carbonyl (C=O) groups excluding carboxylic acids is 1. The molecule has 0 radical (unpaired) electrons. The van der Waals surface area contributed by atoms with Crippen LogP contribution < -0.4 is 4.90 Å². The minimum absolute atomic E-state index is 0.0425. The monoisotopic (exact) mass is 417 g/mol. The summed E-state index contributed by atoms with van der Waals surface area (Å²) in [5.41, 5.74) is 5.00. The van der Waals surface area contributed by atoms with Gasteiger partial charge in [0.05, 0.1) is 10.6 Å². The largest absolute Gasteiger partial charge is 0.271 e. The molecule has 1 fully saturated rings. The average Bonchev–Trinajstić information content (AvgIpc) is 2.84. The molecule has 1 saturated heterocycles. The van der Waals surface area contributed by atoms with E-state index in [-0.39, 0.29) is 5.91 Å². The third kappa shape index (κ3) is 3.21. The maximum absolute atomic E-state index is 13.0. The van der Waals surface area contributed by atoms with Gasteiger partial charge >= 0.3 is 0 Å². The fraction of sp³-hybridized carbons (Fsp3) is 0.158. The quantitative estimate of drug-likeness (QED) is 0.450. The molecule has 2 nitrogen and oxygen atoms in total. The van der Waals surface area contributed by atoms with Crippen LogP contribution in [0, 0.1) is 13.8 Å². The van der Waals surface area contributed by atoms with Gasteiger partial charge in [0, 0.05) is 4.47 Å². The molecule has 0 aliphatic carbocycles. The van der Waals surface area contributed by atoms with Crippen LogP contribution in [0.5, 0.6) is 0 Å². The summed E-state index contributed by atoms with van der Waals surface area (Å²) in [7, 11) is 0. The summed E-state index contributed by atoms with van der Waals surface area (Å²) < 4.78 is 1.60. The van der Waals surface area contributed by atoms with Crippen molar-refractivity contribution in [1.82, 2.24) is 0 Å². The molecule has 1 aliphatic rings. The third-order valence-corrected chi connectivity index (χ3v) is 6.00. The fourth-order valence-electron chi connectivity index (χ4n) is 2.60. The number of hydrogen-bond donors (Lipinski definition) is 0. The second kappa shape index (κ2) is 6.82. The fourth-order valence-corrected chi connectivity index (χ4v) is 4.19. The van der Waals surface area contributed by atoms with Gasteiger partial charge in [-0.3, -0.25) is 9.69 Å². The van der Waals surface area contributed by atoms with Gasteiger partial charge in [-0.25, -0.2) is 0 Å². The van der Waals surface area contributed by atoms with E-state index >= 15 is 0 Å². The minimum Gasteiger partial charge on any atom is -0.268 e. The molecule has 0 bridgehead atoms. The van der Waals surface area contributed by atoms with E-state index in [0.717, 1.165) is 32.4 Å². The van der Waals surface area contributed by atoms with Crippen LogP contribution in [0.15, 0.2) is 51.8 Å². The smallest absolute Gasteiger partial charge is 0.268 e. The zero-order chi connectivity index (χ0) is 17.4. The molecule has 1 amide bonds. The zero-order valence-electron chi connectivity index (χ0n) is 13.6. The van der Waals surface area contributed by atoms with Crippen LogP contribution >= 0.6 is 39.9 Å². The summed E-state index contributed by atoms with van der Waals surface area (Å²) in [5.74, 6) is -0.0425. The number of rotatable bonds is 2. The van der Waals surface area contributed by atoms with Crippen molar-refractivity contribution < 1.29 is 4.79 Å². The van der Waals surface area contributed by atoms with Crippen molar-refractivity contribution in [2.75, 3.05) is 4.90 Å². The van der Waals surface area contributed by atoms with E-state index in [2.05, 4.69) is 15.9 Å². The van der Waals surface area contributed by atoms with Crippen LogP contribution in [-0.4, -0.2) is 10.2 Å². The van der Waals surface area contributed by atoms with Gasteiger partial charge in [0.1, 0.15) is 0 Å². The van der Waals surface area contributed by atoms with Gasteiger partial charge in [-0.15, -0.1) is 0 Å². The van der Waals surface area contributed by atoms with Crippen molar-refractivity contribution in [3.05, 3.63) is 68.5 Å². The number of amides is 1. The predicted octanol–water partition coefficient (Wildman–Crippen LogP) is 5.86. The van der Waals surface area contributed by atoms with Gasteiger partial charge < -0.3 is 0 Å². The average molecular weight is 418 g/mol. The third-order valence-electron chi connectivity index (χ3n) is 3.99. The molecule has 1 heterocycles. The Bertz CT molecular complexity index is 871. The van der Waals surface area contributed by atoms with E-state index in [4.69, 9.17) is 12.2 Å². The number of benzene rings is 2. The number of thiocarbonyl (C=S) groups is 1. The molecular weight excluding hydrogens is 402 g/mol. The van der Waals surface area contributed by atoms with Crippen molar-refractivity contribution in [1.29, 1.82) is 0 Å². The Kier molecular flexibility index (Phi) is 4.95. The number of aryl methyl sites for hydroxylation is 2. The lowest BCUT2D eigenvalue weighted by atomic mass is 10.1. The topological polar surface area (TPSA) is 20.3 Å². The first-order chi connectivity index (χ1) is 11.4. The second-order valence-corrected chi connectivity index (χ2v) is 8.32. The van der Waals surface area contributed by atoms with E-state index in [9.17, 15) is 4.79 Å². The standard InChI is InChI=1S/C19H16BrNOS2/c1-11-4-5-12(2)16(10-11)21-18(22)17(24-19(21)23)13(3)14-6-8-15(20)9-7-14/h4-10H,1-3H3/b17-13-. The number of hydrogen-bond acceptors (Lipinski definition) is 3. The first-order valence-corrected chi connectivity index (χ1v) is 9.50. The predicted molar refractivity (Wildman–Crippen MR) is 110 cm³/mol. The van der Waals surface area contributed by atoms with Gasteiger partial charge in [-0.1, -0.05) is 64.2 Å². The minimum atomic E-state index is -0.0425. The Labute approximate surface area is 160 Å². The Hall–Kier alpha value is -1.43. The van der Waals surface area contributed by atoms with Gasteiger partial charge in [-0.2, -0.15) is 0 Å². The van der Waals surface area contributed by atoms with Crippen molar-refractivity contribution in [2.45, 2.75) is 20.8 Å². The Balaban J connectivity index is 2.04. The molecule has 0 atom stereocenters. The summed E-state index contributed by atoms with van der Waals surface area (Å²) in [4.78, 5) is 15.4. The van der Waals surface area contributed by atoms with Crippen molar-refractivity contribution in [3.8, 4) is 0 Å². The first-order valence-electron chi connectivity index (χ1n) is 7.49. The molecule has 5 heteroatoms. The van der Waals surface area contributed by atoms with Crippen molar-refractivity contribution in [3.63, 3.8) is 0 Å². The van der Waals surface area contributed by atoms with E-state index in [1.54, 1.807) is 4.90 Å². The van der Waals surface area contributed by atoms with Gasteiger partial charge in [0.15, 0.2) is 4.32 Å². The number of anilines is 1. The van der Waals surface area contributed by atoms with Crippen LogP contribution in [0.2, 0.25) is 0 Å². The molecule has 0 spiro atoms. The van der Waals surface area contributed by atoms with Crippen LogP contribution in [0.3, 0.4) is 0 Å². The molecule has 2 aromatic rings. The number of thioether (sulfide) groups is 1.